The molecule has 1 aliphatic rings. The molecule has 1 fully saturated rings. The van der Waals surface area contributed by atoms with Gasteiger partial charge in [0.05, 0.1) is 4.90 Å². The maximum Gasteiger partial charge on any atom is 0.303 e. The number of carbonyl (C=O) groups excluding carboxylic acids is 1. The second-order valence-corrected chi connectivity index (χ2v) is 9.54. The molecular formula is C19H28N2O5S. The lowest BCUT2D eigenvalue weighted by atomic mass is 9.94. The summed E-state index contributed by atoms with van der Waals surface area (Å²) in [4.78, 5) is 23.1. The van der Waals surface area contributed by atoms with Crippen LogP contribution in [-0.2, 0) is 14.8 Å². The minimum atomic E-state index is -3.66. The average molecular weight is 397 g/mol. The van der Waals surface area contributed by atoms with Gasteiger partial charge in [0.15, 0.2) is 0 Å². The van der Waals surface area contributed by atoms with Crippen LogP contribution in [0.25, 0.3) is 0 Å². The van der Waals surface area contributed by atoms with E-state index in [1.54, 1.807) is 19.1 Å². The molecule has 0 aliphatic carbocycles. The van der Waals surface area contributed by atoms with Crippen molar-refractivity contribution in [3.63, 3.8) is 0 Å². The van der Waals surface area contributed by atoms with Crippen molar-refractivity contribution in [2.24, 2.45) is 11.8 Å². The average Bonchev–Trinajstić information content (AvgIpc) is 2.59. The van der Waals surface area contributed by atoms with E-state index in [0.717, 1.165) is 6.42 Å². The van der Waals surface area contributed by atoms with Crippen LogP contribution in [-0.4, -0.2) is 48.8 Å². The second-order valence-electron chi connectivity index (χ2n) is 7.60. The van der Waals surface area contributed by atoms with Crippen molar-refractivity contribution < 1.29 is 23.1 Å². The number of carboxylic acid groups (broad SMARTS) is 1. The van der Waals surface area contributed by atoms with Crippen LogP contribution >= 0.6 is 0 Å². The fourth-order valence-electron chi connectivity index (χ4n) is 3.47. The van der Waals surface area contributed by atoms with Crippen LogP contribution in [0, 0.1) is 11.8 Å². The highest BCUT2D eigenvalue weighted by Gasteiger charge is 2.32. The zero-order valence-corrected chi connectivity index (χ0v) is 16.8. The Hall–Kier alpha value is -1.93. The monoisotopic (exact) mass is 396 g/mol. The van der Waals surface area contributed by atoms with Gasteiger partial charge in [-0.25, -0.2) is 8.42 Å². The van der Waals surface area contributed by atoms with Gasteiger partial charge >= 0.3 is 5.97 Å². The highest BCUT2D eigenvalue weighted by Crippen LogP contribution is 2.27. The van der Waals surface area contributed by atoms with Crippen molar-refractivity contribution in [3.8, 4) is 0 Å². The lowest BCUT2D eigenvalue weighted by Gasteiger charge is -2.34. The first kappa shape index (κ1) is 21.4. The number of piperidine rings is 1. The van der Waals surface area contributed by atoms with E-state index in [4.69, 9.17) is 5.11 Å². The van der Waals surface area contributed by atoms with Crippen molar-refractivity contribution in [1.82, 2.24) is 9.62 Å². The molecule has 0 bridgehead atoms. The number of nitrogens with zero attached hydrogens (tertiary/aromatic N) is 1. The van der Waals surface area contributed by atoms with Gasteiger partial charge in [0.25, 0.3) is 5.91 Å². The van der Waals surface area contributed by atoms with Gasteiger partial charge in [-0.3, -0.25) is 9.59 Å². The summed E-state index contributed by atoms with van der Waals surface area (Å²) >= 11 is 0. The topological polar surface area (TPSA) is 104 Å². The van der Waals surface area contributed by atoms with Crippen LogP contribution in [0.5, 0.6) is 0 Å². The van der Waals surface area contributed by atoms with E-state index in [9.17, 15) is 18.0 Å². The van der Waals surface area contributed by atoms with Gasteiger partial charge in [0.1, 0.15) is 0 Å². The molecule has 3 unspecified atom stereocenters. The SMILES string of the molecule is CC1CC(C)CN(S(=O)(=O)c2cccc(C(=O)NC(C)CCC(=O)O)c2)C1. The first-order chi connectivity index (χ1) is 12.6. The first-order valence-electron chi connectivity index (χ1n) is 9.22. The van der Waals surface area contributed by atoms with Gasteiger partial charge < -0.3 is 10.4 Å². The smallest absolute Gasteiger partial charge is 0.303 e. The number of amides is 1. The number of hydrogen-bond acceptors (Lipinski definition) is 4. The fraction of sp³-hybridized carbons (Fsp3) is 0.579. The Balaban J connectivity index is 2.14. The lowest BCUT2D eigenvalue weighted by molar-refractivity contribution is -0.137. The Labute approximate surface area is 160 Å². The number of carboxylic acids is 1. The summed E-state index contributed by atoms with van der Waals surface area (Å²) < 4.78 is 27.5. The minimum Gasteiger partial charge on any atom is -0.481 e. The first-order valence-corrected chi connectivity index (χ1v) is 10.7. The molecule has 3 atom stereocenters. The molecular weight excluding hydrogens is 368 g/mol. The van der Waals surface area contributed by atoms with E-state index >= 15 is 0 Å². The molecule has 1 aliphatic heterocycles. The summed E-state index contributed by atoms with van der Waals surface area (Å²) in [5.41, 5.74) is 0.247. The van der Waals surface area contributed by atoms with Crippen LogP contribution in [0.4, 0.5) is 0 Å². The predicted molar refractivity (Wildman–Crippen MR) is 102 cm³/mol. The molecule has 1 saturated heterocycles. The summed E-state index contributed by atoms with van der Waals surface area (Å²) in [7, 11) is -3.66. The lowest BCUT2D eigenvalue weighted by Crippen LogP contribution is -2.42. The summed E-state index contributed by atoms with van der Waals surface area (Å²) in [6, 6.07) is 5.68. The van der Waals surface area contributed by atoms with E-state index in [2.05, 4.69) is 5.32 Å². The third-order valence-electron chi connectivity index (χ3n) is 4.74. The summed E-state index contributed by atoms with van der Waals surface area (Å²) in [5, 5.41) is 11.4. The standard InChI is InChI=1S/C19H28N2O5S/c1-13-9-14(2)12-21(11-13)27(25,26)17-6-4-5-16(10-17)19(24)20-15(3)7-8-18(22)23/h4-6,10,13-15H,7-9,11-12H2,1-3H3,(H,20,24)(H,22,23). The third-order valence-corrected chi connectivity index (χ3v) is 6.57. The van der Waals surface area contributed by atoms with E-state index < -0.39 is 21.9 Å². The van der Waals surface area contributed by atoms with Crippen LogP contribution in [0.2, 0.25) is 0 Å². The Bertz CT molecular complexity index is 783. The van der Waals surface area contributed by atoms with Gasteiger partial charge in [-0.05, 0) is 49.8 Å². The molecule has 1 aromatic carbocycles. The fourth-order valence-corrected chi connectivity index (χ4v) is 5.19. The van der Waals surface area contributed by atoms with Crippen molar-refractivity contribution in [2.45, 2.75) is 51.0 Å². The molecule has 1 aromatic rings. The van der Waals surface area contributed by atoms with E-state index in [-0.39, 0.29) is 22.9 Å². The van der Waals surface area contributed by atoms with E-state index in [0.29, 0.717) is 31.3 Å². The number of hydrogen-bond donors (Lipinski definition) is 2. The van der Waals surface area contributed by atoms with Crippen LogP contribution in [0.1, 0.15) is 50.4 Å². The zero-order valence-electron chi connectivity index (χ0n) is 16.0. The summed E-state index contributed by atoms with van der Waals surface area (Å²) in [6.07, 6.45) is 1.27. The second kappa shape index (κ2) is 8.84. The van der Waals surface area contributed by atoms with E-state index in [1.165, 1.54) is 16.4 Å². The third kappa shape index (κ3) is 5.77. The number of benzene rings is 1. The Morgan fingerprint density at radius 1 is 1.26 bits per heavy atom. The van der Waals surface area contributed by atoms with Crippen molar-refractivity contribution >= 4 is 21.9 Å². The molecule has 27 heavy (non-hydrogen) atoms. The Morgan fingerprint density at radius 2 is 1.89 bits per heavy atom. The molecule has 0 saturated carbocycles. The maximum atomic E-state index is 13.0. The van der Waals surface area contributed by atoms with Gasteiger partial charge in [-0.2, -0.15) is 4.31 Å². The Morgan fingerprint density at radius 3 is 2.48 bits per heavy atom. The van der Waals surface area contributed by atoms with Crippen LogP contribution < -0.4 is 5.32 Å². The molecule has 1 heterocycles. The predicted octanol–water partition coefficient (Wildman–Crippen LogP) is 2.34. The van der Waals surface area contributed by atoms with Gasteiger partial charge in [-0.1, -0.05) is 19.9 Å². The van der Waals surface area contributed by atoms with Crippen LogP contribution in [0.15, 0.2) is 29.2 Å². The molecule has 1 amide bonds. The molecule has 7 nitrogen and oxygen atoms in total. The molecule has 0 radical (unpaired) electrons. The quantitative estimate of drug-likeness (QED) is 0.736. The van der Waals surface area contributed by atoms with Crippen molar-refractivity contribution in [3.05, 3.63) is 29.8 Å². The largest absolute Gasteiger partial charge is 0.481 e. The van der Waals surface area contributed by atoms with E-state index in [1.807, 2.05) is 13.8 Å². The Kier molecular flexibility index (Phi) is 7.00. The molecule has 0 spiro atoms. The zero-order chi connectivity index (χ0) is 20.2. The number of sulfonamides is 1. The molecule has 0 aromatic heterocycles. The number of nitrogens with one attached hydrogen (secondary N) is 1. The van der Waals surface area contributed by atoms with Crippen LogP contribution in [0.3, 0.4) is 0 Å². The maximum absolute atomic E-state index is 13.0. The van der Waals surface area contributed by atoms with Gasteiger partial charge in [-0.15, -0.1) is 0 Å². The molecule has 8 heteroatoms. The molecule has 2 N–H and O–H groups in total. The highest BCUT2D eigenvalue weighted by atomic mass is 32.2. The highest BCUT2D eigenvalue weighted by molar-refractivity contribution is 7.89. The minimum absolute atomic E-state index is 0.0405. The van der Waals surface area contributed by atoms with Gasteiger partial charge in [0, 0.05) is 31.1 Å². The summed E-state index contributed by atoms with van der Waals surface area (Å²) in [6.45, 7) is 6.77. The number of rotatable bonds is 7. The molecule has 150 valence electrons. The summed E-state index contributed by atoms with van der Waals surface area (Å²) in [5.74, 6) is -0.741. The van der Waals surface area contributed by atoms with Gasteiger partial charge in [0.2, 0.25) is 10.0 Å². The molecule has 2 rings (SSSR count). The number of aliphatic carboxylic acids is 1. The normalized spacial score (nSPS) is 22.2. The number of carbonyl (C=O) groups is 2. The van der Waals surface area contributed by atoms with Crippen molar-refractivity contribution in [1.29, 1.82) is 0 Å². The van der Waals surface area contributed by atoms with Crippen molar-refractivity contribution in [2.75, 3.05) is 13.1 Å².